The predicted molar refractivity (Wildman–Crippen MR) is 126 cm³/mol. The van der Waals surface area contributed by atoms with Gasteiger partial charge in [-0.15, -0.1) is 24.0 Å². The fourth-order valence-corrected chi connectivity index (χ4v) is 3.45. The van der Waals surface area contributed by atoms with Gasteiger partial charge in [-0.25, -0.2) is 22.5 Å². The lowest BCUT2D eigenvalue weighted by molar-refractivity contribution is 0.476. The molecule has 0 heterocycles. The van der Waals surface area contributed by atoms with Gasteiger partial charge in [-0.3, -0.25) is 0 Å². The molecule has 160 valence electrons. The van der Waals surface area contributed by atoms with Crippen LogP contribution in [0.5, 0.6) is 0 Å². The van der Waals surface area contributed by atoms with Crippen LogP contribution >= 0.6 is 24.0 Å². The standard InChI is InChI=1S/C20H27FN4O2S.HI/c1-4-23-20(25(3)14-16-8-10-19(21)11-9-16)24-13-17-6-5-7-18(12-17)15-28(26,27)22-2;/h5-12,22H,4,13-15H2,1-3H3,(H,23,24);1H. The molecule has 0 saturated heterocycles. The fourth-order valence-electron chi connectivity index (χ4n) is 2.68. The molecule has 29 heavy (non-hydrogen) atoms. The lowest BCUT2D eigenvalue weighted by atomic mass is 10.1. The summed E-state index contributed by atoms with van der Waals surface area (Å²) in [5.41, 5.74) is 2.62. The maximum atomic E-state index is 13.1. The molecule has 0 spiro atoms. The van der Waals surface area contributed by atoms with E-state index in [-0.39, 0.29) is 35.5 Å². The summed E-state index contributed by atoms with van der Waals surface area (Å²) in [4.78, 5) is 6.61. The minimum Gasteiger partial charge on any atom is -0.357 e. The Morgan fingerprint density at radius 1 is 1.10 bits per heavy atom. The van der Waals surface area contributed by atoms with Crippen LogP contribution in [0.1, 0.15) is 23.6 Å². The first-order valence-corrected chi connectivity index (χ1v) is 10.7. The molecule has 2 aromatic rings. The first-order valence-electron chi connectivity index (χ1n) is 9.06. The van der Waals surface area contributed by atoms with E-state index in [2.05, 4.69) is 15.0 Å². The molecule has 0 aliphatic carbocycles. The second-order valence-electron chi connectivity index (χ2n) is 6.44. The molecule has 6 nitrogen and oxygen atoms in total. The van der Waals surface area contributed by atoms with E-state index in [4.69, 9.17) is 0 Å². The van der Waals surface area contributed by atoms with Gasteiger partial charge in [-0.2, -0.15) is 0 Å². The van der Waals surface area contributed by atoms with E-state index in [1.165, 1.54) is 19.2 Å². The second kappa shape index (κ2) is 12.1. The van der Waals surface area contributed by atoms with E-state index < -0.39 is 10.0 Å². The first kappa shape index (κ1) is 25.3. The van der Waals surface area contributed by atoms with Crippen LogP contribution < -0.4 is 10.0 Å². The van der Waals surface area contributed by atoms with Gasteiger partial charge in [0.15, 0.2) is 5.96 Å². The van der Waals surface area contributed by atoms with Crippen LogP contribution in [0.3, 0.4) is 0 Å². The molecular weight excluding hydrogens is 506 g/mol. The molecule has 0 atom stereocenters. The molecule has 2 N–H and O–H groups in total. The largest absolute Gasteiger partial charge is 0.357 e. The lowest BCUT2D eigenvalue weighted by Crippen LogP contribution is -2.38. The van der Waals surface area contributed by atoms with E-state index in [1.807, 2.05) is 37.1 Å². The van der Waals surface area contributed by atoms with Gasteiger partial charge in [0.25, 0.3) is 0 Å². The predicted octanol–water partition coefficient (Wildman–Crippen LogP) is 3.09. The van der Waals surface area contributed by atoms with Crippen molar-refractivity contribution in [3.05, 3.63) is 71.0 Å². The zero-order valence-electron chi connectivity index (χ0n) is 16.9. The zero-order chi connectivity index (χ0) is 20.6. The van der Waals surface area contributed by atoms with Crippen molar-refractivity contribution in [2.45, 2.75) is 25.8 Å². The summed E-state index contributed by atoms with van der Waals surface area (Å²) in [6.45, 7) is 3.72. The topological polar surface area (TPSA) is 73.8 Å². The van der Waals surface area contributed by atoms with Crippen molar-refractivity contribution in [3.63, 3.8) is 0 Å². The number of halogens is 2. The Morgan fingerprint density at radius 3 is 2.38 bits per heavy atom. The fraction of sp³-hybridized carbons (Fsp3) is 0.350. The van der Waals surface area contributed by atoms with Gasteiger partial charge in [-0.05, 0) is 42.8 Å². The average molecular weight is 534 g/mol. The molecule has 0 radical (unpaired) electrons. The van der Waals surface area contributed by atoms with Crippen LogP contribution in [-0.2, 0) is 28.9 Å². The molecule has 0 unspecified atom stereocenters. The third-order valence-corrected chi connectivity index (χ3v) is 5.44. The van der Waals surface area contributed by atoms with E-state index in [0.29, 0.717) is 25.2 Å². The molecule has 0 fully saturated rings. The van der Waals surface area contributed by atoms with Crippen molar-refractivity contribution in [1.29, 1.82) is 0 Å². The normalized spacial score (nSPS) is 11.7. The number of rotatable bonds is 8. The van der Waals surface area contributed by atoms with E-state index >= 15 is 0 Å². The van der Waals surface area contributed by atoms with Crippen molar-refractivity contribution < 1.29 is 12.8 Å². The smallest absolute Gasteiger partial charge is 0.215 e. The van der Waals surface area contributed by atoms with E-state index in [0.717, 1.165) is 17.1 Å². The maximum Gasteiger partial charge on any atom is 0.215 e. The quantitative estimate of drug-likeness (QED) is 0.310. The Balaban J connectivity index is 0.00000420. The third kappa shape index (κ3) is 8.67. The van der Waals surface area contributed by atoms with Gasteiger partial charge in [-0.1, -0.05) is 36.4 Å². The van der Waals surface area contributed by atoms with Crippen molar-refractivity contribution >= 4 is 40.0 Å². The zero-order valence-corrected chi connectivity index (χ0v) is 20.0. The molecule has 0 amide bonds. The summed E-state index contributed by atoms with van der Waals surface area (Å²) in [7, 11) is 0.00991. The number of guanidine groups is 1. The highest BCUT2D eigenvalue weighted by Gasteiger charge is 2.10. The van der Waals surface area contributed by atoms with Gasteiger partial charge >= 0.3 is 0 Å². The molecule has 0 bridgehead atoms. The van der Waals surface area contributed by atoms with E-state index in [9.17, 15) is 12.8 Å². The highest BCUT2D eigenvalue weighted by Crippen LogP contribution is 2.11. The minimum atomic E-state index is -3.31. The molecule has 0 saturated carbocycles. The molecule has 2 rings (SSSR count). The van der Waals surface area contributed by atoms with Crippen LogP contribution in [0, 0.1) is 5.82 Å². The number of hydrogen-bond acceptors (Lipinski definition) is 3. The number of aliphatic imine (C=N–C) groups is 1. The number of benzene rings is 2. The van der Waals surface area contributed by atoms with Crippen molar-refractivity contribution in [3.8, 4) is 0 Å². The molecule has 0 aliphatic heterocycles. The van der Waals surface area contributed by atoms with E-state index in [1.54, 1.807) is 18.2 Å². The first-order chi connectivity index (χ1) is 13.3. The molecular formula is C20H28FIN4O2S. The van der Waals surface area contributed by atoms with Crippen LogP contribution in [0.2, 0.25) is 0 Å². The summed E-state index contributed by atoms with van der Waals surface area (Å²) in [6.07, 6.45) is 0. The number of nitrogens with one attached hydrogen (secondary N) is 2. The van der Waals surface area contributed by atoms with Crippen LogP contribution in [0.15, 0.2) is 53.5 Å². The maximum absolute atomic E-state index is 13.1. The number of hydrogen-bond donors (Lipinski definition) is 2. The molecule has 2 aromatic carbocycles. The Kier molecular flexibility index (Phi) is 10.5. The Hall–Kier alpha value is -1.72. The Labute approximate surface area is 189 Å². The van der Waals surface area contributed by atoms with Crippen LogP contribution in [0.25, 0.3) is 0 Å². The SMILES string of the molecule is CCNC(=NCc1cccc(CS(=O)(=O)NC)c1)N(C)Cc1ccc(F)cc1.I. The Bertz CT molecular complexity index is 905. The van der Waals surface area contributed by atoms with Crippen molar-refractivity contribution in [1.82, 2.24) is 14.9 Å². The molecule has 0 aromatic heterocycles. The summed E-state index contributed by atoms with van der Waals surface area (Å²) < 4.78 is 38.9. The third-order valence-electron chi connectivity index (χ3n) is 4.10. The average Bonchev–Trinajstić information content (AvgIpc) is 2.67. The summed E-state index contributed by atoms with van der Waals surface area (Å²) >= 11 is 0. The molecule has 0 aliphatic rings. The monoisotopic (exact) mass is 534 g/mol. The van der Waals surface area contributed by atoms with Gasteiger partial charge in [0.1, 0.15) is 5.82 Å². The second-order valence-corrected chi connectivity index (χ2v) is 8.36. The van der Waals surface area contributed by atoms with Crippen LogP contribution in [-0.4, -0.2) is 39.9 Å². The van der Waals surface area contributed by atoms with Crippen molar-refractivity contribution in [2.75, 3.05) is 20.6 Å². The highest BCUT2D eigenvalue weighted by atomic mass is 127. The Morgan fingerprint density at radius 2 is 1.76 bits per heavy atom. The summed E-state index contributed by atoms with van der Waals surface area (Å²) in [5.74, 6) is 0.401. The van der Waals surface area contributed by atoms with Crippen molar-refractivity contribution in [2.24, 2.45) is 4.99 Å². The number of sulfonamides is 1. The lowest BCUT2D eigenvalue weighted by Gasteiger charge is -2.22. The molecule has 9 heteroatoms. The minimum absolute atomic E-state index is 0. The van der Waals surface area contributed by atoms with Gasteiger partial charge in [0, 0.05) is 20.1 Å². The van der Waals surface area contributed by atoms with Gasteiger partial charge < -0.3 is 10.2 Å². The summed E-state index contributed by atoms with van der Waals surface area (Å²) in [6, 6.07) is 13.8. The summed E-state index contributed by atoms with van der Waals surface area (Å²) in [5, 5.41) is 3.24. The van der Waals surface area contributed by atoms with Gasteiger partial charge in [0.05, 0.1) is 12.3 Å². The number of nitrogens with zero attached hydrogens (tertiary/aromatic N) is 2. The highest BCUT2D eigenvalue weighted by molar-refractivity contribution is 14.0. The van der Waals surface area contributed by atoms with Gasteiger partial charge in [0.2, 0.25) is 10.0 Å². The van der Waals surface area contributed by atoms with Crippen LogP contribution in [0.4, 0.5) is 4.39 Å².